The van der Waals surface area contributed by atoms with E-state index in [1.807, 2.05) is 6.07 Å². The topological polar surface area (TPSA) is 33.0 Å². The SMILES string of the molecule is N#Cc1c(Cl)cccc1OCCCC(F)(F)F. The fraction of sp³-hybridized carbons (Fsp3) is 0.364. The van der Waals surface area contributed by atoms with Crippen LogP contribution in [0.1, 0.15) is 18.4 Å². The Hall–Kier alpha value is -1.41. The zero-order chi connectivity index (χ0) is 12.9. The van der Waals surface area contributed by atoms with Crippen molar-refractivity contribution in [3.05, 3.63) is 28.8 Å². The minimum atomic E-state index is -4.18. The Bertz CT molecular complexity index is 426. The van der Waals surface area contributed by atoms with E-state index in [1.54, 1.807) is 6.07 Å². The Morgan fingerprint density at radius 3 is 2.65 bits per heavy atom. The van der Waals surface area contributed by atoms with Gasteiger partial charge in [-0.3, -0.25) is 0 Å². The van der Waals surface area contributed by atoms with Gasteiger partial charge in [-0.2, -0.15) is 18.4 Å². The molecule has 0 N–H and O–H groups in total. The van der Waals surface area contributed by atoms with E-state index in [2.05, 4.69) is 0 Å². The number of halogens is 4. The first-order chi connectivity index (χ1) is 7.94. The molecule has 1 rings (SSSR count). The second kappa shape index (κ2) is 5.78. The quantitative estimate of drug-likeness (QED) is 0.771. The average Bonchev–Trinajstić information content (AvgIpc) is 2.23. The maximum atomic E-state index is 11.9. The third-order valence-electron chi connectivity index (χ3n) is 1.95. The number of alkyl halides is 3. The summed E-state index contributed by atoms with van der Waals surface area (Å²) in [5, 5.41) is 9.01. The van der Waals surface area contributed by atoms with Crippen LogP contribution in [0.3, 0.4) is 0 Å². The average molecular weight is 264 g/mol. The molecule has 0 aliphatic heterocycles. The van der Waals surface area contributed by atoms with Gasteiger partial charge in [0.25, 0.3) is 0 Å². The molecule has 0 bridgehead atoms. The molecule has 2 nitrogen and oxygen atoms in total. The summed E-state index contributed by atoms with van der Waals surface area (Å²) in [6.45, 7) is -0.103. The lowest BCUT2D eigenvalue weighted by molar-refractivity contribution is -0.136. The number of hydrogen-bond donors (Lipinski definition) is 0. The first kappa shape index (κ1) is 13.7. The molecular formula is C11H9ClF3NO. The summed E-state index contributed by atoms with van der Waals surface area (Å²) in [7, 11) is 0. The van der Waals surface area contributed by atoms with Gasteiger partial charge >= 0.3 is 6.18 Å². The molecule has 6 heteroatoms. The van der Waals surface area contributed by atoms with E-state index in [0.29, 0.717) is 0 Å². The van der Waals surface area contributed by atoms with E-state index in [-0.39, 0.29) is 29.4 Å². The van der Waals surface area contributed by atoms with Gasteiger partial charge in [0, 0.05) is 6.42 Å². The van der Waals surface area contributed by atoms with Crippen LogP contribution in [-0.4, -0.2) is 12.8 Å². The zero-order valence-corrected chi connectivity index (χ0v) is 9.48. The molecular weight excluding hydrogens is 255 g/mol. The van der Waals surface area contributed by atoms with Crippen molar-refractivity contribution in [3.63, 3.8) is 0 Å². The molecule has 0 aromatic heterocycles. The number of ether oxygens (including phenoxy) is 1. The van der Waals surface area contributed by atoms with Crippen LogP contribution in [0.2, 0.25) is 5.02 Å². The van der Waals surface area contributed by atoms with E-state index < -0.39 is 12.6 Å². The molecule has 17 heavy (non-hydrogen) atoms. The monoisotopic (exact) mass is 263 g/mol. The summed E-state index contributed by atoms with van der Waals surface area (Å²) in [5.41, 5.74) is 0.140. The maximum absolute atomic E-state index is 11.9. The molecule has 0 spiro atoms. The third kappa shape index (κ3) is 4.53. The Balaban J connectivity index is 2.53. The van der Waals surface area contributed by atoms with E-state index in [9.17, 15) is 13.2 Å². The molecule has 1 aromatic rings. The van der Waals surface area contributed by atoms with Crippen LogP contribution in [0.5, 0.6) is 5.75 Å². The fourth-order valence-electron chi connectivity index (χ4n) is 1.19. The van der Waals surface area contributed by atoms with E-state index in [0.717, 1.165) is 0 Å². The summed E-state index contributed by atoms with van der Waals surface area (Å²) in [5.74, 6) is 0.210. The molecule has 0 radical (unpaired) electrons. The van der Waals surface area contributed by atoms with Gasteiger partial charge in [-0.05, 0) is 18.6 Å². The van der Waals surface area contributed by atoms with Crippen molar-refractivity contribution < 1.29 is 17.9 Å². The summed E-state index contributed by atoms with van der Waals surface area (Å²) in [6.07, 6.45) is -5.24. The number of nitriles is 1. The van der Waals surface area contributed by atoms with Crippen molar-refractivity contribution in [2.45, 2.75) is 19.0 Å². The van der Waals surface area contributed by atoms with Gasteiger partial charge in [0.2, 0.25) is 0 Å². The Labute approximate surface area is 102 Å². The summed E-state index contributed by atoms with van der Waals surface area (Å²) >= 11 is 5.73. The first-order valence-electron chi connectivity index (χ1n) is 4.82. The van der Waals surface area contributed by atoms with E-state index >= 15 is 0 Å². The highest BCUT2D eigenvalue weighted by atomic mass is 35.5. The highest BCUT2D eigenvalue weighted by Gasteiger charge is 2.26. The summed E-state index contributed by atoms with van der Waals surface area (Å²) < 4.78 is 40.7. The number of nitrogens with zero attached hydrogens (tertiary/aromatic N) is 1. The molecule has 0 saturated carbocycles. The van der Waals surface area contributed by atoms with Crippen molar-refractivity contribution in [1.29, 1.82) is 5.26 Å². The van der Waals surface area contributed by atoms with Crippen molar-refractivity contribution in [2.75, 3.05) is 6.61 Å². The smallest absolute Gasteiger partial charge is 0.389 e. The Morgan fingerprint density at radius 1 is 1.35 bits per heavy atom. The van der Waals surface area contributed by atoms with Crippen molar-refractivity contribution in [2.24, 2.45) is 0 Å². The molecule has 0 atom stereocenters. The zero-order valence-electron chi connectivity index (χ0n) is 8.72. The second-order valence-corrected chi connectivity index (χ2v) is 3.70. The largest absolute Gasteiger partial charge is 0.492 e. The summed E-state index contributed by atoms with van der Waals surface area (Å²) in [4.78, 5) is 0. The highest BCUT2D eigenvalue weighted by molar-refractivity contribution is 6.31. The van der Waals surface area contributed by atoms with Gasteiger partial charge in [0.05, 0.1) is 11.6 Å². The normalized spacial score (nSPS) is 11.0. The number of hydrogen-bond acceptors (Lipinski definition) is 2. The molecule has 0 heterocycles. The van der Waals surface area contributed by atoms with E-state index in [4.69, 9.17) is 21.6 Å². The van der Waals surface area contributed by atoms with Gasteiger partial charge in [-0.25, -0.2) is 0 Å². The molecule has 0 fully saturated rings. The van der Waals surface area contributed by atoms with Crippen LogP contribution in [-0.2, 0) is 0 Å². The van der Waals surface area contributed by atoms with Gasteiger partial charge < -0.3 is 4.74 Å². The lowest BCUT2D eigenvalue weighted by atomic mass is 10.2. The predicted molar refractivity (Wildman–Crippen MR) is 57.0 cm³/mol. The Morgan fingerprint density at radius 2 is 2.06 bits per heavy atom. The van der Waals surface area contributed by atoms with Crippen LogP contribution in [0.15, 0.2) is 18.2 Å². The third-order valence-corrected chi connectivity index (χ3v) is 2.26. The van der Waals surface area contributed by atoms with Crippen molar-refractivity contribution in [3.8, 4) is 11.8 Å². The second-order valence-electron chi connectivity index (χ2n) is 3.29. The van der Waals surface area contributed by atoms with Crippen LogP contribution >= 0.6 is 11.6 Å². The number of rotatable bonds is 4. The minimum absolute atomic E-state index is 0.103. The molecule has 0 aliphatic carbocycles. The highest BCUT2D eigenvalue weighted by Crippen LogP contribution is 2.26. The standard InChI is InChI=1S/C11H9ClF3NO/c12-9-3-1-4-10(8(9)7-16)17-6-2-5-11(13,14)15/h1,3-4H,2,5-6H2. The van der Waals surface area contributed by atoms with Crippen LogP contribution in [0, 0.1) is 11.3 Å². The lowest BCUT2D eigenvalue weighted by Gasteiger charge is -2.09. The molecule has 0 unspecified atom stereocenters. The van der Waals surface area contributed by atoms with Crippen LogP contribution in [0.25, 0.3) is 0 Å². The van der Waals surface area contributed by atoms with Gasteiger partial charge in [0.1, 0.15) is 17.4 Å². The molecule has 0 aliphatic rings. The molecule has 0 saturated heterocycles. The van der Waals surface area contributed by atoms with Gasteiger partial charge in [-0.1, -0.05) is 17.7 Å². The van der Waals surface area contributed by atoms with Crippen molar-refractivity contribution in [1.82, 2.24) is 0 Å². The van der Waals surface area contributed by atoms with Crippen LogP contribution < -0.4 is 4.74 Å². The fourth-order valence-corrected chi connectivity index (χ4v) is 1.40. The van der Waals surface area contributed by atoms with E-state index in [1.165, 1.54) is 12.1 Å². The molecule has 0 amide bonds. The lowest BCUT2D eigenvalue weighted by Crippen LogP contribution is -2.10. The number of benzene rings is 1. The molecule has 92 valence electrons. The van der Waals surface area contributed by atoms with Crippen molar-refractivity contribution >= 4 is 11.6 Å². The minimum Gasteiger partial charge on any atom is -0.492 e. The molecule has 1 aromatic carbocycles. The summed E-state index contributed by atoms with van der Waals surface area (Å²) in [6, 6.07) is 6.43. The van der Waals surface area contributed by atoms with Gasteiger partial charge in [0.15, 0.2) is 0 Å². The first-order valence-corrected chi connectivity index (χ1v) is 5.20. The maximum Gasteiger partial charge on any atom is 0.389 e. The Kier molecular flexibility index (Phi) is 4.64. The predicted octanol–water partition coefficient (Wildman–Crippen LogP) is 3.93. The van der Waals surface area contributed by atoms with Crippen LogP contribution in [0.4, 0.5) is 13.2 Å². The van der Waals surface area contributed by atoms with Gasteiger partial charge in [-0.15, -0.1) is 0 Å².